The van der Waals surface area contributed by atoms with Crippen LogP contribution in [0.25, 0.3) is 33.5 Å². The summed E-state index contributed by atoms with van der Waals surface area (Å²) >= 11 is 17.1. The minimum atomic E-state index is -5.98. The maximum absolute atomic E-state index is 15.5. The maximum atomic E-state index is 15.5. The molecule has 0 saturated carbocycles. The lowest BCUT2D eigenvalue weighted by molar-refractivity contribution is -0.0840. The number of aliphatic hydroxyl groups excluding tert-OH is 1. The van der Waals surface area contributed by atoms with Crippen molar-refractivity contribution in [3.05, 3.63) is 133 Å². The van der Waals surface area contributed by atoms with Gasteiger partial charge in [-0.25, -0.2) is 48.4 Å². The predicted octanol–water partition coefficient (Wildman–Crippen LogP) is -2.73. The van der Waals surface area contributed by atoms with Crippen molar-refractivity contribution in [2.75, 3.05) is 158 Å². The molecule has 6 saturated heterocycles. The molecule has 0 aliphatic carbocycles. The Labute approximate surface area is 843 Å². The number of aromatic nitrogens is 18. The van der Waals surface area contributed by atoms with Crippen LogP contribution >= 0.6 is 35.8 Å². The van der Waals surface area contributed by atoms with Crippen molar-refractivity contribution >= 4 is 128 Å². The van der Waals surface area contributed by atoms with E-state index < -0.39 is 268 Å². The SMILES string of the molecule is CC[C@H]1O[C@@H](n2cnc3c(=O)[nH]c(N)nc32)C[C@H]1OP(O)(=S)OC[C@H]1O[C@@H](n2cc(C)c(=O)[nH]c2=O)C(OCCOC)[C@H]1OP(=O)(O)OC[C@H]1O[C@@H](n2cnc3c(=O)[nH]c(N)nc32)C(OCCOC)[C@H]1OP(=O)(O)OC[C@H]1O[C@@H](n2cc(C)c(=O)[nH]c2=O)C(OCCOC)[C@H]1OP(O)(=S)OC[C@H]1O[C@@H](n2cnc3c(N)ncnc32)C(OCCOC)[C@H]1OP(O)(=S)OC[C@H]1O[C@@H](n2cc(C)c(N)nc2=O)C(OCCOC)[C@H]1O. The van der Waals surface area contributed by atoms with Gasteiger partial charge in [-0.3, -0.25) is 93.7 Å². The van der Waals surface area contributed by atoms with E-state index >= 15 is 9.13 Å². The molecule has 9 aromatic heterocycles. The van der Waals surface area contributed by atoms with Crippen LogP contribution in [0.4, 0.5) is 23.5 Å². The van der Waals surface area contributed by atoms with Crippen LogP contribution in [0, 0.1) is 20.8 Å². The lowest BCUT2D eigenvalue weighted by Crippen LogP contribution is -2.42. The number of aromatic amines is 4. The summed E-state index contributed by atoms with van der Waals surface area (Å²) in [5.41, 5.74) is 17.6. The first-order chi connectivity index (χ1) is 70.0. The Morgan fingerprint density at radius 1 is 0.388 bits per heavy atom. The molecule has 147 heavy (non-hydrogen) atoms. The van der Waals surface area contributed by atoms with E-state index in [-0.39, 0.29) is 128 Å². The van der Waals surface area contributed by atoms with Gasteiger partial charge in [-0.15, -0.1) is 0 Å². The molecular weight excluding hydrogens is 2130 g/mol. The molecule has 63 nitrogen and oxygen atoms in total. The molecule has 0 aromatic carbocycles. The van der Waals surface area contributed by atoms with E-state index in [0.29, 0.717) is 5.56 Å². The average molecular weight is 2240 g/mol. The molecule has 71 heteroatoms. The highest BCUT2D eigenvalue weighted by Crippen LogP contribution is 2.58. The Morgan fingerprint density at radius 2 is 0.748 bits per heavy atom. The van der Waals surface area contributed by atoms with Crippen LogP contribution in [-0.2, 0) is 166 Å². The second-order valence-corrected chi connectivity index (χ2v) is 44.7. The summed E-state index contributed by atoms with van der Waals surface area (Å²) in [6.45, 7) is -15.8. The molecule has 0 radical (unpaired) electrons. The third kappa shape index (κ3) is 26.3. The molecule has 812 valence electrons. The number of hydrogen-bond acceptors (Lipinski definition) is 51. The van der Waals surface area contributed by atoms with Crippen LogP contribution in [0.15, 0.2) is 77.5 Å². The molecule has 6 aliphatic rings. The number of imidazole rings is 3. The van der Waals surface area contributed by atoms with E-state index in [0.717, 1.165) is 43.3 Å². The molecule has 15 heterocycles. The number of nitrogen functional groups attached to an aromatic ring is 4. The van der Waals surface area contributed by atoms with Crippen molar-refractivity contribution in [1.82, 2.24) is 87.2 Å². The normalized spacial score (nSPS) is 29.0. The van der Waals surface area contributed by atoms with Gasteiger partial charge in [0.15, 0.2) is 64.9 Å². The quantitative estimate of drug-likeness (QED) is 0.0136. The fourth-order valence-corrected chi connectivity index (χ4v) is 23.1. The van der Waals surface area contributed by atoms with Gasteiger partial charge in [-0.1, -0.05) is 6.92 Å². The molecule has 28 atom stereocenters. The Morgan fingerprint density at radius 3 is 1.18 bits per heavy atom. The number of ether oxygens (including phenoxy) is 16. The Hall–Kier alpha value is -8.18. The zero-order chi connectivity index (χ0) is 106. The van der Waals surface area contributed by atoms with Crippen LogP contribution in [-0.4, -0.2) is 355 Å². The van der Waals surface area contributed by atoms with Crippen molar-refractivity contribution in [1.29, 1.82) is 0 Å². The number of phosphoric acid groups is 2. The first-order valence-electron chi connectivity index (χ1n) is 44.8. The first-order valence-corrected chi connectivity index (χ1v) is 55.5. The molecule has 15 rings (SSSR count). The second-order valence-electron chi connectivity index (χ2n) is 33.6. The predicted molar refractivity (Wildman–Crippen MR) is 510 cm³/mol. The molecule has 6 aliphatic heterocycles. The molecule has 10 unspecified atom stereocenters. The van der Waals surface area contributed by atoms with Gasteiger partial charge in [0.1, 0.15) is 115 Å². The van der Waals surface area contributed by atoms with Crippen molar-refractivity contribution in [3.63, 3.8) is 0 Å². The van der Waals surface area contributed by atoms with E-state index in [1.165, 1.54) is 77.4 Å². The molecule has 9 aromatic rings. The highest BCUT2D eigenvalue weighted by molar-refractivity contribution is 8.07. The van der Waals surface area contributed by atoms with E-state index in [1.54, 1.807) is 13.8 Å². The van der Waals surface area contributed by atoms with E-state index in [2.05, 4.69) is 59.8 Å². The Balaban J connectivity index is 0.723. The minimum absolute atomic E-state index is 0.0390. The van der Waals surface area contributed by atoms with Crippen LogP contribution in [0.2, 0.25) is 0 Å². The minimum Gasteiger partial charge on any atom is -0.387 e. The van der Waals surface area contributed by atoms with Gasteiger partial charge in [0.05, 0.1) is 130 Å². The van der Waals surface area contributed by atoms with Crippen molar-refractivity contribution in [3.8, 4) is 0 Å². The Bertz CT molecular complexity index is 6840. The van der Waals surface area contributed by atoms with Crippen molar-refractivity contribution < 1.29 is 160 Å². The number of H-pyrrole nitrogens is 4. The summed E-state index contributed by atoms with van der Waals surface area (Å²) < 4.78 is 195. The molecule has 0 bridgehead atoms. The second kappa shape index (κ2) is 48.4. The molecule has 6 fully saturated rings. The average Bonchev–Trinajstić information content (AvgIpc) is 1.60. The van der Waals surface area contributed by atoms with Crippen molar-refractivity contribution in [2.45, 2.75) is 182 Å². The summed E-state index contributed by atoms with van der Waals surface area (Å²) in [4.78, 5) is 198. The van der Waals surface area contributed by atoms with Crippen molar-refractivity contribution in [2.24, 2.45) is 0 Å². The fourth-order valence-electron chi connectivity index (χ4n) is 16.9. The number of nitrogens with zero attached hydrogens (tertiary/aromatic N) is 14. The summed E-state index contributed by atoms with van der Waals surface area (Å²) in [6.07, 6.45) is -28.8. The lowest BCUT2D eigenvalue weighted by Gasteiger charge is -2.30. The number of anilines is 4. The van der Waals surface area contributed by atoms with Crippen LogP contribution < -0.4 is 62.2 Å². The van der Waals surface area contributed by atoms with Gasteiger partial charge in [0.25, 0.3) is 22.2 Å². The highest BCUT2D eigenvalue weighted by Gasteiger charge is 2.59. The van der Waals surface area contributed by atoms with Crippen LogP contribution in [0.3, 0.4) is 0 Å². The zero-order valence-corrected chi connectivity index (χ0v) is 86.3. The number of fused-ring (bicyclic) bond motifs is 3. The van der Waals surface area contributed by atoms with Gasteiger partial charge in [0, 0.05) is 77.3 Å². The fraction of sp³-hybridized carbons (Fsp3) is 0.645. The number of rotatable bonds is 52. The number of nitrogens with one attached hydrogen (secondary N) is 4. The van der Waals surface area contributed by atoms with E-state index in [4.69, 9.17) is 179 Å². The zero-order valence-electron chi connectivity index (χ0n) is 79.3. The third-order valence-corrected chi connectivity index (χ3v) is 30.4. The molecule has 18 N–H and O–H groups in total. The Kier molecular flexibility index (Phi) is 37.2. The number of nitrogens with two attached hydrogens (primary N) is 4. The summed E-state index contributed by atoms with van der Waals surface area (Å²) in [5, 5.41) is 11.8. The number of methoxy groups -OCH3 is 5. The largest absolute Gasteiger partial charge is 0.472 e. The number of phosphoric ester groups is 2. The summed E-state index contributed by atoms with van der Waals surface area (Å²) in [6, 6.07) is 0. The number of aryl methyl sites for hydroxylation is 3. The van der Waals surface area contributed by atoms with Gasteiger partial charge >= 0.3 is 52.9 Å². The maximum Gasteiger partial charge on any atom is 0.472 e. The smallest absolute Gasteiger partial charge is 0.387 e. The molecular formula is C76H109N22O41P5S3. The first kappa shape index (κ1) is 113. The summed E-state index contributed by atoms with van der Waals surface area (Å²) in [7, 11) is -5.17. The van der Waals surface area contributed by atoms with Gasteiger partial charge in [0.2, 0.25) is 11.9 Å². The van der Waals surface area contributed by atoms with E-state index in [1.807, 2.05) is 0 Å². The lowest BCUT2D eigenvalue weighted by atomic mass is 10.1. The van der Waals surface area contributed by atoms with Crippen LogP contribution in [0.5, 0.6) is 0 Å². The standard InChI is InChI=1S/C76H109N22O41P5S3/c1-10-37-38(21-44(129-37)96-31-84-46-61(96)87-72(79)89-65(46)102)135-142(111,145)127-28-42-50(54(120-17-12-115-6)68(132-42)94-23-35(3)63(100)91-75(94)105)137-140(107,108)124-26-40-49(55(121-18-13-116-7)71(133-40)98-33-85-47-62(98)88-73(80)90-66(47)103)136-141(109,110)125-27-41-51(56(122-19-14-117-8)69(131-41)95-24-36(4)64(101)92-76(95)106)138-144(113,147)128-29-43-52(57(123-20-15-118-9)70(134-43)97-32-83-45-59(78)81-30-82-60(45)97)139-143(112,146)126-25-39-48(99)53(119-16-11-114-5)67(130-39)93-22-34(2)58(77)86-74(93)104/h22-24,30-33,37-44,48-57,67-71,99H,10-21,25-29H2,1-9H3,(H,107,108)(H,109,110)(H,111,145)(H,112,146)(H,113,147)(H2,77,86,104)(H2,78,81,82)(H,91,100,105)(H,92,101,106)(H3,79,87,89,102)(H3,80,88,90,103)/t37-,38-,39-,40-,41-,42-,43-,44-,48+,49+,50+,51+,52+,53?,54?,55?,56?,57?,67-,68-,69-,70-,71-,142?,143?,144?/m1/s1. The summed E-state index contributed by atoms with van der Waals surface area (Å²) in [5.74, 6) is -0.826. The highest BCUT2D eigenvalue weighted by atomic mass is 32.5. The number of aliphatic hydroxyl groups is 1. The molecule has 0 amide bonds. The van der Waals surface area contributed by atoms with Gasteiger partial charge < -0.3 is 146 Å². The van der Waals surface area contributed by atoms with Gasteiger partial charge in [-0.05, 0) is 62.6 Å². The monoisotopic (exact) mass is 2240 g/mol. The van der Waals surface area contributed by atoms with E-state index in [9.17, 15) is 63.1 Å². The van der Waals surface area contributed by atoms with Gasteiger partial charge in [-0.2, -0.15) is 15.0 Å². The third-order valence-electron chi connectivity index (χ3n) is 23.8. The molecule has 0 spiro atoms. The topological polar surface area (TPSA) is 815 Å². The van der Waals surface area contributed by atoms with Crippen LogP contribution in [0.1, 0.15) is 73.8 Å². The number of hydrogen-bond donors (Lipinski definition) is 14.